The Balaban J connectivity index is 2.10. The predicted octanol–water partition coefficient (Wildman–Crippen LogP) is 4.71. The lowest BCUT2D eigenvalue weighted by molar-refractivity contribution is 0.0259. The van der Waals surface area contributed by atoms with Crippen LogP contribution in [-0.4, -0.2) is 6.04 Å². The van der Waals surface area contributed by atoms with E-state index in [9.17, 15) is 0 Å². The zero-order valence-electron chi connectivity index (χ0n) is 11.2. The van der Waals surface area contributed by atoms with Gasteiger partial charge in [0.25, 0.3) is 0 Å². The minimum Gasteiger partial charge on any atom is -0.367 e. The Hall–Kier alpha value is -0.870. The van der Waals surface area contributed by atoms with Crippen LogP contribution in [0.5, 0.6) is 0 Å². The molecule has 0 fully saturated rings. The first-order valence-corrected chi connectivity index (χ1v) is 7.60. The molecule has 106 valence electrons. The number of rotatable bonds is 5. The average Bonchev–Trinajstić information content (AvgIpc) is 2.38. The monoisotopic (exact) mass is 353 g/mol. The molecule has 0 radical (unpaired) electrons. The van der Waals surface area contributed by atoms with Gasteiger partial charge in [-0.1, -0.05) is 51.8 Å². The molecule has 0 heterocycles. The van der Waals surface area contributed by atoms with Crippen molar-refractivity contribution in [2.75, 3.05) is 0 Å². The van der Waals surface area contributed by atoms with Crippen LogP contribution in [0, 0.1) is 0 Å². The van der Waals surface area contributed by atoms with Gasteiger partial charge >= 0.3 is 0 Å². The van der Waals surface area contributed by atoms with Crippen molar-refractivity contribution in [2.24, 2.45) is 5.73 Å². The van der Waals surface area contributed by atoms with Gasteiger partial charge in [-0.25, -0.2) is 0 Å². The van der Waals surface area contributed by atoms with Gasteiger partial charge in [0.1, 0.15) is 0 Å². The van der Waals surface area contributed by atoms with E-state index in [1.54, 1.807) is 0 Å². The van der Waals surface area contributed by atoms with E-state index in [-0.39, 0.29) is 12.1 Å². The topological polar surface area (TPSA) is 35.2 Å². The van der Waals surface area contributed by atoms with Crippen molar-refractivity contribution in [3.63, 3.8) is 0 Å². The van der Waals surface area contributed by atoms with Crippen molar-refractivity contribution in [3.8, 4) is 0 Å². The summed E-state index contributed by atoms with van der Waals surface area (Å²) in [6, 6.07) is 15.6. The van der Waals surface area contributed by atoms with Crippen LogP contribution in [0.1, 0.15) is 24.2 Å². The second kappa shape index (κ2) is 7.23. The summed E-state index contributed by atoms with van der Waals surface area (Å²) in [5, 5.41) is 0.694. The normalized spacial score (nSPS) is 14.0. The highest BCUT2D eigenvalue weighted by atomic mass is 79.9. The Kier molecular flexibility index (Phi) is 5.61. The molecule has 2 N–H and O–H groups in total. The maximum absolute atomic E-state index is 6.04. The van der Waals surface area contributed by atoms with E-state index < -0.39 is 0 Å². The molecule has 2 rings (SSSR count). The van der Waals surface area contributed by atoms with Crippen LogP contribution in [0.3, 0.4) is 0 Å². The molecule has 2 aromatic rings. The molecule has 0 aliphatic rings. The summed E-state index contributed by atoms with van der Waals surface area (Å²) in [6.07, 6.45) is -0.173. The van der Waals surface area contributed by atoms with Gasteiger partial charge in [0, 0.05) is 15.5 Å². The van der Waals surface area contributed by atoms with Crippen LogP contribution in [0.15, 0.2) is 53.0 Å². The van der Waals surface area contributed by atoms with Gasteiger partial charge in [0.05, 0.1) is 12.7 Å². The molecule has 0 aromatic heterocycles. The van der Waals surface area contributed by atoms with E-state index >= 15 is 0 Å². The van der Waals surface area contributed by atoms with Gasteiger partial charge in [-0.05, 0) is 42.3 Å². The molecule has 0 saturated heterocycles. The minimum absolute atomic E-state index is 0.111. The van der Waals surface area contributed by atoms with Crippen molar-refractivity contribution in [2.45, 2.75) is 25.7 Å². The fourth-order valence-corrected chi connectivity index (χ4v) is 2.69. The van der Waals surface area contributed by atoms with Gasteiger partial charge in [-0.15, -0.1) is 0 Å². The number of ether oxygens (including phenoxy) is 1. The molecule has 0 bridgehead atoms. The lowest BCUT2D eigenvalue weighted by atomic mass is 10.0. The van der Waals surface area contributed by atoms with E-state index in [1.165, 1.54) is 0 Å². The van der Waals surface area contributed by atoms with Crippen LogP contribution in [0.4, 0.5) is 0 Å². The van der Waals surface area contributed by atoms with Gasteiger partial charge in [-0.3, -0.25) is 0 Å². The minimum atomic E-state index is -0.173. The molecular weight excluding hydrogens is 338 g/mol. The van der Waals surface area contributed by atoms with Crippen LogP contribution >= 0.6 is 27.5 Å². The summed E-state index contributed by atoms with van der Waals surface area (Å²) in [7, 11) is 0. The Morgan fingerprint density at radius 2 is 1.95 bits per heavy atom. The lowest BCUT2D eigenvalue weighted by Gasteiger charge is -2.22. The highest BCUT2D eigenvalue weighted by molar-refractivity contribution is 9.10. The molecule has 20 heavy (non-hydrogen) atoms. The molecule has 0 aliphatic heterocycles. The van der Waals surface area contributed by atoms with Gasteiger partial charge < -0.3 is 10.5 Å². The number of benzene rings is 2. The number of hydrogen-bond acceptors (Lipinski definition) is 2. The Morgan fingerprint density at radius 3 is 2.60 bits per heavy atom. The molecule has 0 saturated carbocycles. The summed E-state index contributed by atoms with van der Waals surface area (Å²) in [5.41, 5.74) is 8.14. The third-order valence-electron chi connectivity index (χ3n) is 2.97. The van der Waals surface area contributed by atoms with Crippen LogP contribution in [-0.2, 0) is 11.3 Å². The largest absolute Gasteiger partial charge is 0.367 e. The number of hydrogen-bond donors (Lipinski definition) is 1. The molecular formula is C16H17BrClNO. The van der Waals surface area contributed by atoms with Crippen molar-refractivity contribution in [1.29, 1.82) is 0 Å². The SMILES string of the molecule is CC(N)C(OCc1cccc(Br)c1)c1cccc(Cl)c1. The average molecular weight is 355 g/mol. The summed E-state index contributed by atoms with van der Waals surface area (Å²) >= 11 is 9.48. The second-order valence-electron chi connectivity index (χ2n) is 4.78. The van der Waals surface area contributed by atoms with E-state index in [0.717, 1.165) is 15.6 Å². The first-order valence-electron chi connectivity index (χ1n) is 6.43. The van der Waals surface area contributed by atoms with E-state index in [1.807, 2.05) is 55.5 Å². The van der Waals surface area contributed by atoms with E-state index in [4.69, 9.17) is 22.1 Å². The van der Waals surface area contributed by atoms with E-state index in [2.05, 4.69) is 15.9 Å². The Morgan fingerprint density at radius 1 is 1.20 bits per heavy atom. The maximum atomic E-state index is 6.04. The van der Waals surface area contributed by atoms with Crippen LogP contribution in [0.2, 0.25) is 5.02 Å². The Bertz CT molecular complexity index is 574. The molecule has 0 spiro atoms. The van der Waals surface area contributed by atoms with Crippen LogP contribution < -0.4 is 5.73 Å². The molecule has 0 amide bonds. The molecule has 2 aromatic carbocycles. The first-order chi connectivity index (χ1) is 9.56. The number of halogens is 2. The predicted molar refractivity (Wildman–Crippen MR) is 86.8 cm³/mol. The third-order valence-corrected chi connectivity index (χ3v) is 3.70. The van der Waals surface area contributed by atoms with Crippen molar-refractivity contribution < 1.29 is 4.74 Å². The summed E-state index contributed by atoms with van der Waals surface area (Å²) < 4.78 is 7.02. The van der Waals surface area contributed by atoms with Gasteiger partial charge in [0.15, 0.2) is 0 Å². The summed E-state index contributed by atoms with van der Waals surface area (Å²) in [4.78, 5) is 0. The molecule has 2 atom stereocenters. The lowest BCUT2D eigenvalue weighted by Crippen LogP contribution is -2.26. The molecule has 2 nitrogen and oxygen atoms in total. The third kappa shape index (κ3) is 4.32. The Labute approximate surface area is 133 Å². The fraction of sp³-hybridized carbons (Fsp3) is 0.250. The van der Waals surface area contributed by atoms with Gasteiger partial charge in [-0.2, -0.15) is 0 Å². The first kappa shape index (κ1) is 15.5. The second-order valence-corrected chi connectivity index (χ2v) is 6.13. The highest BCUT2D eigenvalue weighted by Crippen LogP contribution is 2.25. The fourth-order valence-electron chi connectivity index (χ4n) is 2.05. The number of nitrogens with two attached hydrogens (primary N) is 1. The smallest absolute Gasteiger partial charge is 0.0978 e. The van der Waals surface area contributed by atoms with Crippen molar-refractivity contribution >= 4 is 27.5 Å². The quantitative estimate of drug-likeness (QED) is 0.844. The standard InChI is InChI=1S/C16H17BrClNO/c1-11(19)16(13-5-3-7-15(18)9-13)20-10-12-4-2-6-14(17)8-12/h2-9,11,16H,10,19H2,1H3. The van der Waals surface area contributed by atoms with Gasteiger partial charge in [0.2, 0.25) is 0 Å². The van der Waals surface area contributed by atoms with Crippen molar-refractivity contribution in [3.05, 3.63) is 69.2 Å². The zero-order valence-corrected chi connectivity index (χ0v) is 13.6. The maximum Gasteiger partial charge on any atom is 0.0978 e. The van der Waals surface area contributed by atoms with E-state index in [0.29, 0.717) is 11.6 Å². The summed E-state index contributed by atoms with van der Waals surface area (Å²) in [5.74, 6) is 0. The molecule has 0 aliphatic carbocycles. The molecule has 4 heteroatoms. The van der Waals surface area contributed by atoms with Crippen molar-refractivity contribution in [1.82, 2.24) is 0 Å². The molecule has 2 unspecified atom stereocenters. The highest BCUT2D eigenvalue weighted by Gasteiger charge is 2.17. The van der Waals surface area contributed by atoms with Crippen LogP contribution in [0.25, 0.3) is 0 Å². The summed E-state index contributed by atoms with van der Waals surface area (Å²) in [6.45, 7) is 2.45. The zero-order chi connectivity index (χ0) is 14.5.